The first-order valence-corrected chi connectivity index (χ1v) is 13.0. The lowest BCUT2D eigenvalue weighted by Gasteiger charge is -2.39. The van der Waals surface area contributed by atoms with Crippen molar-refractivity contribution in [3.05, 3.63) is 108 Å². The number of nitrogens with zero attached hydrogens (tertiary/aromatic N) is 3. The van der Waals surface area contributed by atoms with Crippen LogP contribution in [0.3, 0.4) is 0 Å². The minimum atomic E-state index is -0.447. The summed E-state index contributed by atoms with van der Waals surface area (Å²) in [4.78, 5) is 30.7. The van der Waals surface area contributed by atoms with Crippen molar-refractivity contribution < 1.29 is 18.7 Å². The van der Waals surface area contributed by atoms with Gasteiger partial charge in [0.25, 0.3) is 0 Å². The van der Waals surface area contributed by atoms with Crippen molar-refractivity contribution in [3.8, 4) is 11.4 Å². The molecule has 0 spiro atoms. The number of methoxy groups -OCH3 is 1. The number of amides is 3. The average molecular weight is 527 g/mol. The Kier molecular flexibility index (Phi) is 7.63. The normalized spacial score (nSPS) is 13.8. The van der Waals surface area contributed by atoms with Crippen LogP contribution < -0.4 is 15.0 Å². The van der Waals surface area contributed by atoms with Crippen LogP contribution >= 0.6 is 0 Å². The molecule has 1 aliphatic heterocycles. The molecular formula is C31H31FN4O3. The number of benzene rings is 3. The second-order valence-electron chi connectivity index (χ2n) is 9.45. The number of unbranched alkanes of at least 4 members (excludes halogenated alkanes) is 1. The van der Waals surface area contributed by atoms with Gasteiger partial charge in [-0.25, -0.2) is 9.18 Å². The molecule has 0 bridgehead atoms. The number of ether oxygens (including phenoxy) is 1. The molecule has 0 saturated carbocycles. The van der Waals surface area contributed by atoms with Gasteiger partial charge in [-0.15, -0.1) is 0 Å². The van der Waals surface area contributed by atoms with Crippen molar-refractivity contribution in [2.45, 2.75) is 25.8 Å². The molecule has 1 N–H and O–H groups in total. The summed E-state index contributed by atoms with van der Waals surface area (Å²) < 4.78 is 21.2. The maximum absolute atomic E-state index is 14.2. The van der Waals surface area contributed by atoms with Crippen LogP contribution in [0.25, 0.3) is 5.69 Å². The summed E-state index contributed by atoms with van der Waals surface area (Å²) in [6.07, 6.45) is 3.57. The van der Waals surface area contributed by atoms with Gasteiger partial charge >= 0.3 is 6.03 Å². The van der Waals surface area contributed by atoms with Crippen molar-refractivity contribution in [2.24, 2.45) is 0 Å². The van der Waals surface area contributed by atoms with E-state index in [1.807, 2.05) is 73.8 Å². The van der Waals surface area contributed by atoms with E-state index >= 15 is 0 Å². The van der Waals surface area contributed by atoms with E-state index in [9.17, 15) is 14.0 Å². The zero-order chi connectivity index (χ0) is 27.4. The molecule has 3 amide bonds. The van der Waals surface area contributed by atoms with Crippen LogP contribution in [0.2, 0.25) is 0 Å². The number of carbonyl (C=O) groups excluding carboxylic acids is 2. The van der Waals surface area contributed by atoms with Crippen LogP contribution in [0.1, 0.15) is 37.1 Å². The second-order valence-corrected chi connectivity index (χ2v) is 9.45. The molecule has 0 radical (unpaired) electrons. The summed E-state index contributed by atoms with van der Waals surface area (Å²) >= 11 is 0. The number of fused-ring (bicyclic) bond motifs is 3. The molecule has 7 nitrogen and oxygen atoms in total. The van der Waals surface area contributed by atoms with E-state index in [4.69, 9.17) is 4.74 Å². The number of aromatic nitrogens is 1. The molecule has 200 valence electrons. The first kappa shape index (κ1) is 26.0. The smallest absolute Gasteiger partial charge is 0.322 e. The third kappa shape index (κ3) is 5.36. The quantitative estimate of drug-likeness (QED) is 0.289. The molecule has 39 heavy (non-hydrogen) atoms. The number of para-hydroxylation sites is 2. The van der Waals surface area contributed by atoms with Crippen LogP contribution in [-0.2, 0) is 4.79 Å². The zero-order valence-electron chi connectivity index (χ0n) is 22.0. The maximum atomic E-state index is 14.2. The van der Waals surface area contributed by atoms with Crippen molar-refractivity contribution in [1.82, 2.24) is 9.47 Å². The molecule has 1 aromatic heterocycles. The minimum absolute atomic E-state index is 0.136. The van der Waals surface area contributed by atoms with Crippen molar-refractivity contribution in [1.29, 1.82) is 0 Å². The van der Waals surface area contributed by atoms with Gasteiger partial charge in [0.15, 0.2) is 0 Å². The largest absolute Gasteiger partial charge is 0.497 e. The van der Waals surface area contributed by atoms with E-state index in [1.54, 1.807) is 18.1 Å². The van der Waals surface area contributed by atoms with Gasteiger partial charge in [0.1, 0.15) is 24.2 Å². The fraction of sp³-hybridized carbons (Fsp3) is 0.226. The SMILES string of the molecule is CCCCN(CC(=O)N1c2ccccc2-n2cccc2C1c1ccc(OC)cc1)C(=O)Nc1cccc(F)c1. The molecule has 3 aromatic carbocycles. The number of rotatable bonds is 8. The van der Waals surface area contributed by atoms with Crippen molar-refractivity contribution in [3.63, 3.8) is 0 Å². The number of nitrogens with one attached hydrogen (secondary N) is 1. The predicted molar refractivity (Wildman–Crippen MR) is 150 cm³/mol. The van der Waals surface area contributed by atoms with E-state index < -0.39 is 17.9 Å². The topological polar surface area (TPSA) is 66.8 Å². The molecule has 4 aromatic rings. The summed E-state index contributed by atoms with van der Waals surface area (Å²) in [7, 11) is 1.62. The molecule has 0 fully saturated rings. The summed E-state index contributed by atoms with van der Waals surface area (Å²) in [6.45, 7) is 2.28. The van der Waals surface area contributed by atoms with Gasteiger partial charge in [-0.2, -0.15) is 0 Å². The van der Waals surface area contributed by atoms with E-state index in [0.29, 0.717) is 12.2 Å². The molecule has 1 atom stereocenters. The van der Waals surface area contributed by atoms with Crippen LogP contribution in [0, 0.1) is 5.82 Å². The highest BCUT2D eigenvalue weighted by molar-refractivity contribution is 6.01. The standard InChI is InChI=1S/C31H31FN4O3/c1-3-4-18-34(31(38)33-24-10-7-9-23(32)20-24)21-29(37)36-27-12-6-5-11-26(27)35-19-8-13-28(35)30(36)22-14-16-25(39-2)17-15-22/h5-17,19-20,30H,3-4,18,21H2,1-2H3,(H,33,38). The third-order valence-corrected chi connectivity index (χ3v) is 6.89. The summed E-state index contributed by atoms with van der Waals surface area (Å²) in [5.41, 5.74) is 3.85. The number of hydrogen-bond acceptors (Lipinski definition) is 3. The lowest BCUT2D eigenvalue weighted by molar-refractivity contribution is -0.119. The number of halogens is 1. The Morgan fingerprint density at radius 2 is 1.74 bits per heavy atom. The monoisotopic (exact) mass is 526 g/mol. The van der Waals surface area contributed by atoms with Crippen LogP contribution in [0.15, 0.2) is 91.1 Å². The Bertz CT molecular complexity index is 1470. The summed E-state index contributed by atoms with van der Waals surface area (Å²) in [5.74, 6) is 0.0587. The molecular weight excluding hydrogens is 495 g/mol. The zero-order valence-corrected chi connectivity index (χ0v) is 22.0. The van der Waals surface area contributed by atoms with Crippen LogP contribution in [0.5, 0.6) is 5.75 Å². The molecule has 0 saturated heterocycles. The molecule has 8 heteroatoms. The summed E-state index contributed by atoms with van der Waals surface area (Å²) in [5, 5.41) is 2.74. The van der Waals surface area contributed by atoms with Gasteiger partial charge in [-0.1, -0.05) is 43.7 Å². The van der Waals surface area contributed by atoms with E-state index in [-0.39, 0.29) is 12.5 Å². The van der Waals surface area contributed by atoms with Gasteiger partial charge < -0.3 is 19.5 Å². The van der Waals surface area contributed by atoms with Gasteiger partial charge in [0, 0.05) is 18.4 Å². The third-order valence-electron chi connectivity index (χ3n) is 6.89. The Balaban J connectivity index is 1.50. The van der Waals surface area contributed by atoms with Gasteiger partial charge in [0.2, 0.25) is 5.91 Å². The molecule has 1 aliphatic rings. The van der Waals surface area contributed by atoms with Gasteiger partial charge in [-0.3, -0.25) is 9.69 Å². The first-order valence-electron chi connectivity index (χ1n) is 13.0. The highest BCUT2D eigenvalue weighted by Crippen LogP contribution is 2.42. The Hall–Kier alpha value is -4.59. The highest BCUT2D eigenvalue weighted by Gasteiger charge is 2.37. The average Bonchev–Trinajstić information content (AvgIpc) is 3.44. The second kappa shape index (κ2) is 11.4. The van der Waals surface area contributed by atoms with E-state index in [0.717, 1.165) is 41.2 Å². The Morgan fingerprint density at radius 1 is 0.974 bits per heavy atom. The first-order chi connectivity index (χ1) is 19.0. The van der Waals surface area contributed by atoms with E-state index in [1.165, 1.54) is 23.1 Å². The number of urea groups is 1. The minimum Gasteiger partial charge on any atom is -0.497 e. The highest BCUT2D eigenvalue weighted by atomic mass is 19.1. The number of anilines is 2. The Labute approximate surface area is 227 Å². The fourth-order valence-electron chi connectivity index (χ4n) is 4.97. The number of carbonyl (C=O) groups is 2. The lowest BCUT2D eigenvalue weighted by Crippen LogP contribution is -2.48. The van der Waals surface area contributed by atoms with Crippen LogP contribution in [0.4, 0.5) is 20.6 Å². The fourth-order valence-corrected chi connectivity index (χ4v) is 4.97. The molecule has 0 aliphatic carbocycles. The van der Waals surface area contributed by atoms with Gasteiger partial charge in [-0.05, 0) is 66.6 Å². The lowest BCUT2D eigenvalue weighted by atomic mass is 9.97. The molecule has 2 heterocycles. The Morgan fingerprint density at radius 3 is 2.46 bits per heavy atom. The summed E-state index contributed by atoms with van der Waals surface area (Å²) in [6, 6.07) is 24.3. The van der Waals surface area contributed by atoms with Gasteiger partial charge in [0.05, 0.1) is 24.2 Å². The van der Waals surface area contributed by atoms with Crippen molar-refractivity contribution in [2.75, 3.05) is 30.4 Å². The van der Waals surface area contributed by atoms with E-state index in [2.05, 4.69) is 9.88 Å². The maximum Gasteiger partial charge on any atom is 0.322 e. The molecule has 1 unspecified atom stereocenters. The molecule has 5 rings (SSSR count). The number of hydrogen-bond donors (Lipinski definition) is 1. The van der Waals surface area contributed by atoms with Crippen molar-refractivity contribution >= 4 is 23.3 Å². The van der Waals surface area contributed by atoms with Crippen LogP contribution in [-0.4, -0.2) is 41.6 Å². The predicted octanol–water partition coefficient (Wildman–Crippen LogP) is 6.40.